The van der Waals surface area contributed by atoms with E-state index in [1.54, 1.807) is 48.5 Å². The number of nitriles is 1. The molecule has 0 unspecified atom stereocenters. The molecule has 0 fully saturated rings. The summed E-state index contributed by atoms with van der Waals surface area (Å²) in [5.74, 6) is -0.486. The van der Waals surface area contributed by atoms with Gasteiger partial charge in [-0.15, -0.1) is 0 Å². The van der Waals surface area contributed by atoms with Gasteiger partial charge in [0.25, 0.3) is 0 Å². The summed E-state index contributed by atoms with van der Waals surface area (Å²) in [5, 5.41) is 9.49. The first kappa shape index (κ1) is 22.7. The van der Waals surface area contributed by atoms with Gasteiger partial charge in [-0.3, -0.25) is 4.79 Å². The molecule has 0 bridgehead atoms. The van der Waals surface area contributed by atoms with Crippen LogP contribution in [0.2, 0.25) is 0 Å². The Morgan fingerprint density at radius 1 is 0.906 bits per heavy atom. The Labute approximate surface area is 188 Å². The Bertz CT molecular complexity index is 1210. The first-order valence-corrected chi connectivity index (χ1v) is 10.3. The standard InChI is InChI=1S/C28H25NO3/c1-19-8-10-21(11-9-19)26(30)23(18-29)16-20-6-5-7-25(17-20)32-27(31)22-12-14-24(15-13-22)28(2,3)4/h5-17H,1-4H3/b23-16+. The molecule has 0 aliphatic rings. The maximum absolute atomic E-state index is 12.7. The van der Waals surface area contributed by atoms with Gasteiger partial charge in [0.05, 0.1) is 5.56 Å². The highest BCUT2D eigenvalue weighted by atomic mass is 16.5. The van der Waals surface area contributed by atoms with Crippen LogP contribution in [0.1, 0.15) is 58.2 Å². The third-order valence-corrected chi connectivity index (χ3v) is 5.05. The molecule has 0 N–H and O–H groups in total. The second-order valence-electron chi connectivity index (χ2n) is 8.65. The van der Waals surface area contributed by atoms with Gasteiger partial charge in [0.15, 0.2) is 0 Å². The van der Waals surface area contributed by atoms with Crippen LogP contribution in [0.5, 0.6) is 5.75 Å². The van der Waals surface area contributed by atoms with Gasteiger partial charge in [-0.1, -0.05) is 74.9 Å². The van der Waals surface area contributed by atoms with E-state index < -0.39 is 5.97 Å². The zero-order valence-electron chi connectivity index (χ0n) is 18.7. The Hall–Kier alpha value is -3.97. The molecule has 0 radical (unpaired) electrons. The van der Waals surface area contributed by atoms with Crippen molar-refractivity contribution in [2.45, 2.75) is 33.1 Å². The number of nitrogens with zero attached hydrogens (tertiary/aromatic N) is 1. The van der Waals surface area contributed by atoms with E-state index in [9.17, 15) is 14.9 Å². The summed E-state index contributed by atoms with van der Waals surface area (Å²) < 4.78 is 5.50. The predicted octanol–water partition coefficient (Wildman–Crippen LogP) is 6.30. The van der Waals surface area contributed by atoms with Gasteiger partial charge in [0, 0.05) is 5.56 Å². The largest absolute Gasteiger partial charge is 0.423 e. The smallest absolute Gasteiger partial charge is 0.343 e. The molecule has 0 atom stereocenters. The monoisotopic (exact) mass is 423 g/mol. The molecule has 0 saturated heterocycles. The number of carbonyl (C=O) groups is 2. The highest BCUT2D eigenvalue weighted by molar-refractivity contribution is 6.14. The molecule has 160 valence electrons. The summed E-state index contributed by atoms with van der Waals surface area (Å²) in [6, 6.07) is 23.1. The lowest BCUT2D eigenvalue weighted by Gasteiger charge is -2.18. The van der Waals surface area contributed by atoms with Crippen LogP contribution >= 0.6 is 0 Å². The summed E-state index contributed by atoms with van der Waals surface area (Å²) in [6.45, 7) is 8.26. The number of hydrogen-bond acceptors (Lipinski definition) is 4. The van der Waals surface area contributed by atoms with E-state index in [0.717, 1.165) is 11.1 Å². The second kappa shape index (κ2) is 9.45. The fourth-order valence-electron chi connectivity index (χ4n) is 3.12. The minimum absolute atomic E-state index is 0.00242. The number of esters is 1. The number of hydrogen-bond donors (Lipinski definition) is 0. The van der Waals surface area contributed by atoms with Crippen LogP contribution in [0, 0.1) is 18.3 Å². The Morgan fingerprint density at radius 2 is 1.53 bits per heavy atom. The van der Waals surface area contributed by atoms with Crippen LogP contribution in [-0.2, 0) is 5.41 Å². The zero-order valence-corrected chi connectivity index (χ0v) is 18.7. The minimum atomic E-state index is -0.470. The number of carbonyl (C=O) groups excluding carboxylic acids is 2. The number of benzene rings is 3. The van der Waals surface area contributed by atoms with Crippen LogP contribution in [0.25, 0.3) is 6.08 Å². The molecular weight excluding hydrogens is 398 g/mol. The number of allylic oxidation sites excluding steroid dienone is 1. The molecule has 3 aromatic carbocycles. The highest BCUT2D eigenvalue weighted by Gasteiger charge is 2.16. The van der Waals surface area contributed by atoms with Crippen molar-refractivity contribution in [3.05, 3.63) is 106 Å². The van der Waals surface area contributed by atoms with E-state index in [1.807, 2.05) is 37.3 Å². The maximum atomic E-state index is 12.7. The lowest BCUT2D eigenvalue weighted by Crippen LogP contribution is -2.13. The van der Waals surface area contributed by atoms with Gasteiger partial charge >= 0.3 is 5.97 Å². The number of aryl methyl sites for hydroxylation is 1. The molecule has 32 heavy (non-hydrogen) atoms. The van der Waals surface area contributed by atoms with Gasteiger partial charge in [0.1, 0.15) is 17.4 Å². The molecule has 0 saturated carbocycles. The van der Waals surface area contributed by atoms with Crippen molar-refractivity contribution in [2.75, 3.05) is 0 Å². The lowest BCUT2D eigenvalue weighted by atomic mass is 9.87. The third kappa shape index (κ3) is 5.59. The summed E-state index contributed by atoms with van der Waals surface area (Å²) in [5.41, 5.74) is 3.66. The average molecular weight is 424 g/mol. The number of rotatable bonds is 5. The second-order valence-corrected chi connectivity index (χ2v) is 8.65. The minimum Gasteiger partial charge on any atom is -0.423 e. The van der Waals surface area contributed by atoms with Crippen molar-refractivity contribution in [3.8, 4) is 11.8 Å². The summed E-state index contributed by atoms with van der Waals surface area (Å²) >= 11 is 0. The van der Waals surface area contributed by atoms with E-state index >= 15 is 0 Å². The van der Waals surface area contributed by atoms with Gasteiger partial charge in [-0.2, -0.15) is 5.26 Å². The zero-order chi connectivity index (χ0) is 23.3. The molecule has 0 spiro atoms. The Kier molecular flexibility index (Phi) is 6.70. The topological polar surface area (TPSA) is 67.2 Å². The Morgan fingerprint density at radius 3 is 2.12 bits per heavy atom. The summed E-state index contributed by atoms with van der Waals surface area (Å²) in [4.78, 5) is 25.2. The van der Waals surface area contributed by atoms with Crippen molar-refractivity contribution in [1.29, 1.82) is 5.26 Å². The van der Waals surface area contributed by atoms with E-state index in [4.69, 9.17) is 4.74 Å². The van der Waals surface area contributed by atoms with Gasteiger partial charge < -0.3 is 4.74 Å². The van der Waals surface area contributed by atoms with Crippen LogP contribution in [0.4, 0.5) is 0 Å². The number of Topliss-reactive ketones (excluding diaryl/α,β-unsaturated/α-hetero) is 1. The van der Waals surface area contributed by atoms with Gasteiger partial charge in [-0.25, -0.2) is 4.79 Å². The highest BCUT2D eigenvalue weighted by Crippen LogP contribution is 2.23. The van der Waals surface area contributed by atoms with E-state index in [2.05, 4.69) is 20.8 Å². The molecule has 3 aromatic rings. The summed E-state index contributed by atoms with van der Waals surface area (Å²) in [6.07, 6.45) is 1.50. The first-order valence-electron chi connectivity index (χ1n) is 10.3. The maximum Gasteiger partial charge on any atom is 0.343 e. The Balaban J connectivity index is 1.78. The normalized spacial score (nSPS) is 11.5. The predicted molar refractivity (Wildman–Crippen MR) is 126 cm³/mol. The molecule has 3 rings (SSSR count). The molecule has 4 nitrogen and oxygen atoms in total. The fraction of sp³-hybridized carbons (Fsp3) is 0.179. The molecule has 4 heteroatoms. The molecule has 0 aromatic heterocycles. The average Bonchev–Trinajstić information content (AvgIpc) is 2.77. The first-order chi connectivity index (χ1) is 15.2. The van der Waals surface area contributed by atoms with Crippen molar-refractivity contribution in [1.82, 2.24) is 0 Å². The number of ether oxygens (including phenoxy) is 1. The van der Waals surface area contributed by atoms with Crippen LogP contribution < -0.4 is 4.74 Å². The van der Waals surface area contributed by atoms with Crippen molar-refractivity contribution < 1.29 is 14.3 Å². The molecule has 0 aliphatic heterocycles. The van der Waals surface area contributed by atoms with Crippen LogP contribution in [0.3, 0.4) is 0 Å². The lowest BCUT2D eigenvalue weighted by molar-refractivity contribution is 0.0734. The fourth-order valence-corrected chi connectivity index (χ4v) is 3.12. The van der Waals surface area contributed by atoms with Crippen LogP contribution in [0.15, 0.2) is 78.4 Å². The van der Waals surface area contributed by atoms with E-state index in [-0.39, 0.29) is 16.8 Å². The molecular formula is C28H25NO3. The third-order valence-electron chi connectivity index (χ3n) is 5.05. The molecule has 0 heterocycles. The van der Waals surface area contributed by atoms with Crippen molar-refractivity contribution in [2.24, 2.45) is 0 Å². The quantitative estimate of drug-likeness (QED) is 0.159. The SMILES string of the molecule is Cc1ccc(C(=O)/C(C#N)=C/c2cccc(OC(=O)c3ccc(C(C)(C)C)cc3)c2)cc1. The number of ketones is 1. The van der Waals surface area contributed by atoms with Gasteiger partial charge in [0.2, 0.25) is 5.78 Å². The van der Waals surface area contributed by atoms with E-state index in [1.165, 1.54) is 6.08 Å². The van der Waals surface area contributed by atoms with Crippen molar-refractivity contribution >= 4 is 17.8 Å². The summed E-state index contributed by atoms with van der Waals surface area (Å²) in [7, 11) is 0. The van der Waals surface area contributed by atoms with Crippen LogP contribution in [-0.4, -0.2) is 11.8 Å². The van der Waals surface area contributed by atoms with Gasteiger partial charge in [-0.05, 0) is 53.8 Å². The molecule has 0 aliphatic carbocycles. The van der Waals surface area contributed by atoms with Crippen molar-refractivity contribution in [3.63, 3.8) is 0 Å². The van der Waals surface area contributed by atoms with E-state index in [0.29, 0.717) is 22.4 Å². The molecule has 0 amide bonds.